The van der Waals surface area contributed by atoms with Gasteiger partial charge >= 0.3 is 5.97 Å². The molecule has 1 heterocycles. The van der Waals surface area contributed by atoms with E-state index >= 15 is 0 Å². The van der Waals surface area contributed by atoms with Crippen molar-refractivity contribution in [3.8, 4) is 0 Å². The van der Waals surface area contributed by atoms with Crippen LogP contribution in [0.1, 0.15) is 25.7 Å². The van der Waals surface area contributed by atoms with Crippen molar-refractivity contribution < 1.29 is 14.6 Å². The first kappa shape index (κ1) is 7.80. The Bertz CT molecular complexity index is 261. The minimum Gasteiger partial charge on any atom is -0.465 e. The van der Waals surface area contributed by atoms with Gasteiger partial charge in [0.15, 0.2) is 0 Å². The molecule has 4 atom stereocenters. The molecule has 1 spiro atoms. The zero-order chi connectivity index (χ0) is 9.05. The van der Waals surface area contributed by atoms with Crippen LogP contribution in [0.25, 0.3) is 0 Å². The maximum Gasteiger partial charge on any atom is 0.306 e. The molecule has 3 aliphatic rings. The minimum atomic E-state index is -0.105. The van der Waals surface area contributed by atoms with Crippen LogP contribution < -0.4 is 0 Å². The Kier molecular flexibility index (Phi) is 1.36. The third-order valence-electron chi connectivity index (χ3n) is 4.21. The van der Waals surface area contributed by atoms with E-state index in [4.69, 9.17) is 4.74 Å². The van der Waals surface area contributed by atoms with Gasteiger partial charge in [-0.3, -0.25) is 4.79 Å². The molecule has 0 aromatic rings. The van der Waals surface area contributed by atoms with Crippen LogP contribution in [-0.4, -0.2) is 23.8 Å². The Labute approximate surface area is 77.1 Å². The fraction of sp³-hybridized carbons (Fsp3) is 0.900. The van der Waals surface area contributed by atoms with Crippen LogP contribution in [0.4, 0.5) is 0 Å². The van der Waals surface area contributed by atoms with Gasteiger partial charge in [-0.1, -0.05) is 0 Å². The first-order chi connectivity index (χ1) is 6.20. The van der Waals surface area contributed by atoms with E-state index in [1.54, 1.807) is 0 Å². The molecule has 3 nitrogen and oxygen atoms in total. The van der Waals surface area contributed by atoms with E-state index in [1.165, 1.54) is 0 Å². The Morgan fingerprint density at radius 1 is 1.46 bits per heavy atom. The van der Waals surface area contributed by atoms with Crippen molar-refractivity contribution in [3.63, 3.8) is 0 Å². The molecule has 2 aliphatic carbocycles. The normalized spacial score (nSPS) is 53.3. The summed E-state index contributed by atoms with van der Waals surface area (Å²) in [4.78, 5) is 11.1. The van der Waals surface area contributed by atoms with Crippen LogP contribution in [0.3, 0.4) is 0 Å². The Balaban J connectivity index is 1.85. The van der Waals surface area contributed by atoms with Gasteiger partial charge in [0.05, 0.1) is 19.1 Å². The van der Waals surface area contributed by atoms with E-state index in [-0.39, 0.29) is 17.5 Å². The highest BCUT2D eigenvalue weighted by Crippen LogP contribution is 2.59. The fourth-order valence-corrected chi connectivity index (χ4v) is 3.52. The Morgan fingerprint density at radius 2 is 2.31 bits per heavy atom. The smallest absolute Gasteiger partial charge is 0.306 e. The summed E-state index contributed by atoms with van der Waals surface area (Å²) in [5, 5.41) is 9.60. The summed E-state index contributed by atoms with van der Waals surface area (Å²) in [6.45, 7) is 0.611. The molecule has 0 aromatic heterocycles. The lowest BCUT2D eigenvalue weighted by atomic mass is 9.72. The summed E-state index contributed by atoms with van der Waals surface area (Å²) in [5.41, 5.74) is 0.126. The molecule has 0 aromatic carbocycles. The van der Waals surface area contributed by atoms with Gasteiger partial charge in [-0.05, 0) is 31.1 Å². The molecule has 3 fully saturated rings. The summed E-state index contributed by atoms with van der Waals surface area (Å²) in [5.74, 6) is 0.945. The topological polar surface area (TPSA) is 46.5 Å². The van der Waals surface area contributed by atoms with Gasteiger partial charge in [0.1, 0.15) is 0 Å². The van der Waals surface area contributed by atoms with Crippen LogP contribution >= 0.6 is 0 Å². The van der Waals surface area contributed by atoms with Crippen molar-refractivity contribution >= 4 is 5.97 Å². The third-order valence-corrected chi connectivity index (χ3v) is 4.21. The van der Waals surface area contributed by atoms with E-state index in [2.05, 4.69) is 0 Å². The first-order valence-electron chi connectivity index (χ1n) is 5.03. The number of cyclic esters (lactones) is 1. The standard InChI is InChI=1S/C10H14O3/c11-8-2-7-1-6(8)3-10(7)4-9(12)13-5-10/h6-8,11H,1-5H2. The predicted molar refractivity (Wildman–Crippen MR) is 44.8 cm³/mol. The maximum atomic E-state index is 11.1. The summed E-state index contributed by atoms with van der Waals surface area (Å²) >= 11 is 0. The van der Waals surface area contributed by atoms with Crippen LogP contribution in [0.5, 0.6) is 0 Å². The van der Waals surface area contributed by atoms with E-state index in [0.717, 1.165) is 19.3 Å². The van der Waals surface area contributed by atoms with Gasteiger partial charge in [-0.2, -0.15) is 0 Å². The number of carbonyl (C=O) groups excluding carboxylic acids is 1. The van der Waals surface area contributed by atoms with Gasteiger partial charge in [0, 0.05) is 5.41 Å². The summed E-state index contributed by atoms with van der Waals surface area (Å²) < 4.78 is 5.06. The van der Waals surface area contributed by atoms with Gasteiger partial charge < -0.3 is 9.84 Å². The number of rotatable bonds is 0. The average molecular weight is 182 g/mol. The lowest BCUT2D eigenvalue weighted by Crippen LogP contribution is -2.33. The Morgan fingerprint density at radius 3 is 2.77 bits per heavy atom. The zero-order valence-corrected chi connectivity index (χ0v) is 7.53. The second kappa shape index (κ2) is 2.27. The molecule has 1 saturated heterocycles. The molecule has 2 bridgehead atoms. The van der Waals surface area contributed by atoms with E-state index < -0.39 is 0 Å². The molecule has 3 heteroatoms. The van der Waals surface area contributed by atoms with Gasteiger partial charge in [0.2, 0.25) is 0 Å². The molecule has 1 N–H and O–H groups in total. The van der Waals surface area contributed by atoms with Gasteiger partial charge in [-0.25, -0.2) is 0 Å². The van der Waals surface area contributed by atoms with E-state index in [1.807, 2.05) is 0 Å². The van der Waals surface area contributed by atoms with Crippen LogP contribution in [0, 0.1) is 17.3 Å². The van der Waals surface area contributed by atoms with Crippen LogP contribution in [0.15, 0.2) is 0 Å². The predicted octanol–water partition coefficient (Wildman–Crippen LogP) is 0.710. The molecule has 0 amide bonds. The quantitative estimate of drug-likeness (QED) is 0.561. The van der Waals surface area contributed by atoms with Crippen LogP contribution in [0.2, 0.25) is 0 Å². The highest BCUT2D eigenvalue weighted by molar-refractivity contribution is 5.72. The second-order valence-corrected chi connectivity index (χ2v) is 4.90. The van der Waals surface area contributed by atoms with Crippen LogP contribution in [-0.2, 0) is 9.53 Å². The van der Waals surface area contributed by atoms with E-state index in [0.29, 0.717) is 24.9 Å². The maximum absolute atomic E-state index is 11.1. The molecule has 3 rings (SSSR count). The van der Waals surface area contributed by atoms with Gasteiger partial charge in [0.25, 0.3) is 0 Å². The fourth-order valence-electron chi connectivity index (χ4n) is 3.52. The minimum absolute atomic E-state index is 0.0398. The summed E-state index contributed by atoms with van der Waals surface area (Å²) in [6, 6.07) is 0. The number of aliphatic hydroxyl groups is 1. The van der Waals surface area contributed by atoms with Crippen molar-refractivity contribution in [1.82, 2.24) is 0 Å². The van der Waals surface area contributed by atoms with Crippen molar-refractivity contribution in [2.24, 2.45) is 17.3 Å². The molecule has 0 radical (unpaired) electrons. The molecule has 13 heavy (non-hydrogen) atoms. The largest absolute Gasteiger partial charge is 0.465 e. The molecule has 72 valence electrons. The molecular weight excluding hydrogens is 168 g/mol. The van der Waals surface area contributed by atoms with Gasteiger partial charge in [-0.15, -0.1) is 0 Å². The zero-order valence-electron chi connectivity index (χ0n) is 7.53. The average Bonchev–Trinajstić information content (AvgIpc) is 2.68. The molecule has 2 saturated carbocycles. The monoisotopic (exact) mass is 182 g/mol. The number of hydrogen-bond donors (Lipinski definition) is 1. The van der Waals surface area contributed by atoms with Crippen molar-refractivity contribution in [1.29, 1.82) is 0 Å². The summed E-state index contributed by atoms with van der Waals surface area (Å²) in [7, 11) is 0. The number of hydrogen-bond acceptors (Lipinski definition) is 3. The molecule has 1 aliphatic heterocycles. The third kappa shape index (κ3) is 0.909. The SMILES string of the molecule is O=C1CC2(CO1)CC1CC2CC1O. The lowest BCUT2D eigenvalue weighted by molar-refractivity contribution is -0.137. The first-order valence-corrected chi connectivity index (χ1v) is 5.03. The number of carbonyl (C=O) groups is 1. The highest BCUT2D eigenvalue weighted by Gasteiger charge is 2.58. The van der Waals surface area contributed by atoms with Crippen molar-refractivity contribution in [2.45, 2.75) is 31.8 Å². The lowest BCUT2D eigenvalue weighted by Gasteiger charge is -2.32. The van der Waals surface area contributed by atoms with Crippen molar-refractivity contribution in [2.75, 3.05) is 6.61 Å². The number of fused-ring (bicyclic) bond motifs is 3. The highest BCUT2D eigenvalue weighted by atomic mass is 16.5. The summed E-state index contributed by atoms with van der Waals surface area (Å²) in [6.07, 6.45) is 3.50. The Hall–Kier alpha value is -0.570. The van der Waals surface area contributed by atoms with E-state index in [9.17, 15) is 9.90 Å². The number of aliphatic hydroxyl groups excluding tert-OH is 1. The number of ether oxygens (including phenoxy) is 1. The number of esters is 1. The van der Waals surface area contributed by atoms with Crippen molar-refractivity contribution in [3.05, 3.63) is 0 Å². The molecule has 4 unspecified atom stereocenters. The second-order valence-electron chi connectivity index (χ2n) is 4.90. The molecular formula is C10H14O3.